The molecular weight excluding hydrogens is 419 g/mol. The number of aliphatic imine (C=N–C) groups is 1. The zero-order valence-corrected chi connectivity index (χ0v) is 16.7. The van der Waals surface area contributed by atoms with Crippen molar-refractivity contribution in [3.05, 3.63) is 30.2 Å². The van der Waals surface area contributed by atoms with Crippen LogP contribution in [0.15, 0.2) is 29.4 Å². The second kappa shape index (κ2) is 12.0. The first-order valence-corrected chi connectivity index (χ1v) is 8.16. The zero-order valence-electron chi connectivity index (χ0n) is 14.4. The average molecular weight is 446 g/mol. The van der Waals surface area contributed by atoms with Gasteiger partial charge in [0, 0.05) is 46.0 Å². The summed E-state index contributed by atoms with van der Waals surface area (Å²) in [6.45, 7) is 5.25. The van der Waals surface area contributed by atoms with E-state index in [9.17, 15) is 0 Å². The Morgan fingerprint density at radius 2 is 2.00 bits per heavy atom. The van der Waals surface area contributed by atoms with E-state index in [-0.39, 0.29) is 24.0 Å². The number of aromatic nitrogens is 3. The van der Waals surface area contributed by atoms with Gasteiger partial charge in [-0.3, -0.25) is 9.39 Å². The lowest BCUT2D eigenvalue weighted by Crippen LogP contribution is -2.38. The van der Waals surface area contributed by atoms with Crippen LogP contribution in [0, 0.1) is 0 Å². The van der Waals surface area contributed by atoms with Crippen molar-refractivity contribution in [1.29, 1.82) is 0 Å². The fraction of sp³-hybridized carbons (Fsp3) is 0.562. The van der Waals surface area contributed by atoms with Crippen LogP contribution in [0.4, 0.5) is 0 Å². The fourth-order valence-electron chi connectivity index (χ4n) is 2.26. The Balaban J connectivity index is 0.00000288. The van der Waals surface area contributed by atoms with Crippen LogP contribution in [0.5, 0.6) is 0 Å². The highest BCUT2D eigenvalue weighted by Crippen LogP contribution is 2.04. The molecule has 0 aliphatic rings. The number of nitrogens with zero attached hydrogens (tertiary/aromatic N) is 4. The minimum Gasteiger partial charge on any atom is -0.382 e. The predicted octanol–water partition coefficient (Wildman–Crippen LogP) is 1.87. The largest absolute Gasteiger partial charge is 0.382 e. The molecule has 0 bridgehead atoms. The lowest BCUT2D eigenvalue weighted by Gasteiger charge is -2.11. The summed E-state index contributed by atoms with van der Waals surface area (Å²) < 4.78 is 7.34. The van der Waals surface area contributed by atoms with Crippen molar-refractivity contribution < 1.29 is 4.74 Å². The van der Waals surface area contributed by atoms with Gasteiger partial charge in [-0.2, -0.15) is 0 Å². The van der Waals surface area contributed by atoms with E-state index in [2.05, 4.69) is 25.8 Å². The Kier molecular flexibility index (Phi) is 10.3. The molecule has 0 aliphatic heterocycles. The van der Waals surface area contributed by atoms with Crippen molar-refractivity contribution in [2.45, 2.75) is 26.2 Å². The maximum absolute atomic E-state index is 5.31. The van der Waals surface area contributed by atoms with Crippen LogP contribution in [0.25, 0.3) is 5.65 Å². The number of halogens is 1. The molecule has 0 amide bonds. The zero-order chi connectivity index (χ0) is 16.3. The number of fused-ring (bicyclic) bond motifs is 1. The summed E-state index contributed by atoms with van der Waals surface area (Å²) in [5.41, 5.74) is 0.891. The first kappa shape index (κ1) is 20.6. The lowest BCUT2D eigenvalue weighted by atomic mass is 10.3. The molecule has 0 fully saturated rings. The molecule has 2 heterocycles. The van der Waals surface area contributed by atoms with Crippen LogP contribution in [0.3, 0.4) is 0 Å². The summed E-state index contributed by atoms with van der Waals surface area (Å²) in [5, 5.41) is 15.0. The highest BCUT2D eigenvalue weighted by Gasteiger charge is 2.04. The molecule has 0 radical (unpaired) electrons. The van der Waals surface area contributed by atoms with Crippen molar-refractivity contribution in [2.24, 2.45) is 4.99 Å². The molecule has 0 saturated heterocycles. The van der Waals surface area contributed by atoms with Crippen molar-refractivity contribution >= 4 is 35.6 Å². The van der Waals surface area contributed by atoms with Crippen molar-refractivity contribution in [2.75, 3.05) is 33.4 Å². The molecule has 2 rings (SSSR count). The van der Waals surface area contributed by atoms with Gasteiger partial charge in [0.05, 0.1) is 0 Å². The standard InChI is InChI=1S/C16H26N6O.HI/c1-3-23-13-7-11-19-16(17-2)18-10-6-9-15-21-20-14-8-4-5-12-22(14)15;/h4-5,8,12H,3,6-7,9-11,13H2,1-2H3,(H2,17,18,19);1H. The molecule has 134 valence electrons. The van der Waals surface area contributed by atoms with E-state index >= 15 is 0 Å². The van der Waals surface area contributed by atoms with Gasteiger partial charge in [0.1, 0.15) is 5.82 Å². The molecule has 0 aromatic carbocycles. The summed E-state index contributed by atoms with van der Waals surface area (Å²) in [4.78, 5) is 4.21. The van der Waals surface area contributed by atoms with Crippen molar-refractivity contribution in [1.82, 2.24) is 25.2 Å². The number of pyridine rings is 1. The summed E-state index contributed by atoms with van der Waals surface area (Å²) >= 11 is 0. The van der Waals surface area contributed by atoms with Gasteiger partial charge in [-0.1, -0.05) is 6.07 Å². The molecule has 0 spiro atoms. The number of hydrogen-bond donors (Lipinski definition) is 2. The van der Waals surface area contributed by atoms with E-state index in [0.717, 1.165) is 63.0 Å². The molecule has 7 nitrogen and oxygen atoms in total. The molecular formula is C16H27IN6O. The first-order valence-electron chi connectivity index (χ1n) is 8.16. The van der Waals surface area contributed by atoms with Crippen LogP contribution in [0.1, 0.15) is 25.6 Å². The first-order chi connectivity index (χ1) is 11.3. The quantitative estimate of drug-likeness (QED) is 0.266. The molecule has 8 heteroatoms. The predicted molar refractivity (Wildman–Crippen MR) is 107 cm³/mol. The molecule has 24 heavy (non-hydrogen) atoms. The second-order valence-electron chi connectivity index (χ2n) is 5.12. The number of ether oxygens (including phenoxy) is 1. The Morgan fingerprint density at radius 3 is 2.75 bits per heavy atom. The SMILES string of the molecule is CCOCCCNC(=NC)NCCCc1nnc2ccccn12.I. The smallest absolute Gasteiger partial charge is 0.190 e. The van der Waals surface area contributed by atoms with E-state index in [1.165, 1.54) is 0 Å². The van der Waals surface area contributed by atoms with Crippen LogP contribution in [0.2, 0.25) is 0 Å². The maximum atomic E-state index is 5.31. The van der Waals surface area contributed by atoms with Gasteiger partial charge >= 0.3 is 0 Å². The van der Waals surface area contributed by atoms with Crippen LogP contribution in [-0.2, 0) is 11.2 Å². The van der Waals surface area contributed by atoms with Crippen molar-refractivity contribution in [3.8, 4) is 0 Å². The molecule has 0 atom stereocenters. The van der Waals surface area contributed by atoms with E-state index in [4.69, 9.17) is 4.74 Å². The molecule has 0 saturated carbocycles. The third-order valence-electron chi connectivity index (χ3n) is 3.44. The highest BCUT2D eigenvalue weighted by atomic mass is 127. The van der Waals surface area contributed by atoms with Gasteiger partial charge in [0.25, 0.3) is 0 Å². The summed E-state index contributed by atoms with van der Waals surface area (Å²) in [5.74, 6) is 1.81. The Morgan fingerprint density at radius 1 is 1.21 bits per heavy atom. The normalized spacial score (nSPS) is 11.3. The molecule has 0 aliphatic carbocycles. The lowest BCUT2D eigenvalue weighted by molar-refractivity contribution is 0.145. The van der Waals surface area contributed by atoms with Crippen LogP contribution in [-0.4, -0.2) is 53.9 Å². The number of guanidine groups is 1. The highest BCUT2D eigenvalue weighted by molar-refractivity contribution is 14.0. The Labute approximate surface area is 160 Å². The number of aryl methyl sites for hydroxylation is 1. The van der Waals surface area contributed by atoms with E-state index in [1.54, 1.807) is 7.05 Å². The second-order valence-corrected chi connectivity index (χ2v) is 5.12. The summed E-state index contributed by atoms with van der Waals surface area (Å²) in [6, 6.07) is 5.92. The summed E-state index contributed by atoms with van der Waals surface area (Å²) in [7, 11) is 1.78. The third-order valence-corrected chi connectivity index (χ3v) is 3.44. The van der Waals surface area contributed by atoms with E-state index in [1.807, 2.05) is 35.7 Å². The van der Waals surface area contributed by atoms with Gasteiger partial charge in [-0.05, 0) is 31.9 Å². The number of rotatable bonds is 9. The van der Waals surface area contributed by atoms with E-state index in [0.29, 0.717) is 0 Å². The van der Waals surface area contributed by atoms with Crippen LogP contribution < -0.4 is 10.6 Å². The Hall–Kier alpha value is -1.42. The third kappa shape index (κ3) is 6.60. The van der Waals surface area contributed by atoms with E-state index < -0.39 is 0 Å². The average Bonchev–Trinajstić information content (AvgIpc) is 3.00. The number of hydrogen-bond acceptors (Lipinski definition) is 4. The van der Waals surface area contributed by atoms with Gasteiger partial charge in [0.15, 0.2) is 11.6 Å². The van der Waals surface area contributed by atoms with Gasteiger partial charge in [-0.15, -0.1) is 34.2 Å². The molecule has 2 N–H and O–H groups in total. The maximum Gasteiger partial charge on any atom is 0.190 e. The van der Waals surface area contributed by atoms with Crippen molar-refractivity contribution in [3.63, 3.8) is 0 Å². The Bertz CT molecular complexity index is 615. The monoisotopic (exact) mass is 446 g/mol. The minimum atomic E-state index is 0. The molecule has 2 aromatic rings. The van der Waals surface area contributed by atoms with Gasteiger partial charge in [0.2, 0.25) is 0 Å². The molecule has 2 aromatic heterocycles. The topological polar surface area (TPSA) is 75.8 Å². The van der Waals surface area contributed by atoms with Crippen LogP contribution >= 0.6 is 24.0 Å². The molecule has 0 unspecified atom stereocenters. The summed E-state index contributed by atoms with van der Waals surface area (Å²) in [6.07, 6.45) is 4.81. The van der Waals surface area contributed by atoms with Gasteiger partial charge < -0.3 is 15.4 Å². The fourth-order valence-corrected chi connectivity index (χ4v) is 2.26. The number of nitrogens with one attached hydrogen (secondary N) is 2. The minimum absolute atomic E-state index is 0. The van der Waals surface area contributed by atoms with Gasteiger partial charge in [-0.25, -0.2) is 0 Å².